The molecule has 1 aliphatic carbocycles. The average molecular weight is 333 g/mol. The van der Waals surface area contributed by atoms with Gasteiger partial charge in [-0.05, 0) is 40.8 Å². The molecule has 0 saturated carbocycles. The summed E-state index contributed by atoms with van der Waals surface area (Å²) in [4.78, 5) is 37.0. The summed E-state index contributed by atoms with van der Waals surface area (Å²) in [5.74, 6) is -0.329. The molecule has 2 aromatic carbocycles. The first-order valence-electron chi connectivity index (χ1n) is 7.91. The number of aromatic amines is 1. The van der Waals surface area contributed by atoms with E-state index in [0.29, 0.717) is 5.69 Å². The molecule has 0 fully saturated rings. The van der Waals surface area contributed by atoms with Crippen LogP contribution in [0.4, 0.5) is 5.69 Å². The van der Waals surface area contributed by atoms with E-state index < -0.39 is 11.2 Å². The number of hydrogen-bond acceptors (Lipinski definition) is 3. The number of amides is 1. The number of benzene rings is 2. The van der Waals surface area contributed by atoms with Crippen molar-refractivity contribution in [1.29, 1.82) is 0 Å². The van der Waals surface area contributed by atoms with Gasteiger partial charge in [-0.2, -0.15) is 0 Å². The van der Waals surface area contributed by atoms with E-state index in [9.17, 15) is 14.4 Å². The quantitative estimate of drug-likeness (QED) is 0.599. The number of hydrogen-bond donors (Lipinski definition) is 2. The molecule has 2 N–H and O–H groups in total. The summed E-state index contributed by atoms with van der Waals surface area (Å²) < 4.78 is 1.15. The van der Waals surface area contributed by atoms with Crippen LogP contribution in [-0.2, 0) is 17.8 Å². The van der Waals surface area contributed by atoms with Gasteiger partial charge in [-0.25, -0.2) is 4.79 Å². The van der Waals surface area contributed by atoms with Crippen LogP contribution in [0.15, 0.2) is 64.3 Å². The Hall–Kier alpha value is -3.41. The molecule has 25 heavy (non-hydrogen) atoms. The monoisotopic (exact) mass is 333 g/mol. The Morgan fingerprint density at radius 3 is 2.68 bits per heavy atom. The molecular weight excluding hydrogens is 318 g/mol. The lowest BCUT2D eigenvalue weighted by Gasteiger charge is -2.09. The van der Waals surface area contributed by atoms with E-state index in [0.717, 1.165) is 11.0 Å². The van der Waals surface area contributed by atoms with E-state index in [1.165, 1.54) is 34.5 Å². The van der Waals surface area contributed by atoms with Crippen LogP contribution in [0.1, 0.15) is 11.1 Å². The zero-order valence-electron chi connectivity index (χ0n) is 13.3. The number of aromatic nitrogens is 2. The molecule has 0 atom stereocenters. The average Bonchev–Trinajstić information content (AvgIpc) is 2.95. The van der Waals surface area contributed by atoms with E-state index in [1.54, 1.807) is 0 Å². The van der Waals surface area contributed by atoms with E-state index in [4.69, 9.17) is 0 Å². The highest BCUT2D eigenvalue weighted by molar-refractivity contribution is 5.91. The topological polar surface area (TPSA) is 84.0 Å². The van der Waals surface area contributed by atoms with Crippen molar-refractivity contribution in [3.05, 3.63) is 86.7 Å². The van der Waals surface area contributed by atoms with Crippen LogP contribution in [0.2, 0.25) is 0 Å². The maximum atomic E-state index is 12.2. The van der Waals surface area contributed by atoms with Gasteiger partial charge < -0.3 is 5.32 Å². The predicted octanol–water partition coefficient (Wildman–Crippen LogP) is 1.75. The lowest BCUT2D eigenvalue weighted by molar-refractivity contribution is -0.116. The smallest absolute Gasteiger partial charge is 0.325 e. The van der Waals surface area contributed by atoms with E-state index in [2.05, 4.69) is 22.4 Å². The van der Waals surface area contributed by atoms with Crippen LogP contribution < -0.4 is 16.6 Å². The zero-order valence-corrected chi connectivity index (χ0v) is 13.3. The third-order valence-electron chi connectivity index (χ3n) is 4.29. The maximum absolute atomic E-state index is 12.2. The Morgan fingerprint density at radius 2 is 1.84 bits per heavy atom. The SMILES string of the molecule is O=C(Cn1ccc(=O)[nH]c1=O)Nc1ccc2c(c1)Cc1ccccc1-2. The van der Waals surface area contributed by atoms with Crippen LogP contribution in [0.25, 0.3) is 11.1 Å². The minimum Gasteiger partial charge on any atom is -0.325 e. The molecule has 0 saturated heterocycles. The van der Waals surface area contributed by atoms with Crippen molar-refractivity contribution in [2.24, 2.45) is 0 Å². The third-order valence-corrected chi connectivity index (χ3v) is 4.29. The van der Waals surface area contributed by atoms with E-state index >= 15 is 0 Å². The fourth-order valence-electron chi connectivity index (χ4n) is 3.15. The second-order valence-electron chi connectivity index (χ2n) is 5.99. The fraction of sp³-hybridized carbons (Fsp3) is 0.105. The molecule has 1 amide bonds. The Labute approximate surface area is 142 Å². The molecule has 0 unspecified atom stereocenters. The second-order valence-corrected chi connectivity index (χ2v) is 5.99. The summed E-state index contributed by atoms with van der Waals surface area (Å²) in [6.07, 6.45) is 2.15. The van der Waals surface area contributed by atoms with Crippen molar-refractivity contribution in [2.45, 2.75) is 13.0 Å². The number of anilines is 1. The summed E-state index contributed by atoms with van der Waals surface area (Å²) >= 11 is 0. The molecule has 1 aliphatic rings. The van der Waals surface area contributed by atoms with Crippen molar-refractivity contribution >= 4 is 11.6 Å². The first-order chi connectivity index (χ1) is 12.1. The van der Waals surface area contributed by atoms with Crippen molar-refractivity contribution in [3.63, 3.8) is 0 Å². The van der Waals surface area contributed by atoms with E-state index in [1.807, 2.05) is 30.3 Å². The molecule has 1 aromatic heterocycles. The Morgan fingerprint density at radius 1 is 1.04 bits per heavy atom. The maximum Gasteiger partial charge on any atom is 0.328 e. The summed E-state index contributed by atoms with van der Waals surface area (Å²) in [6, 6.07) is 15.3. The van der Waals surface area contributed by atoms with Crippen LogP contribution >= 0.6 is 0 Å². The normalized spacial score (nSPS) is 11.7. The molecule has 0 aliphatic heterocycles. The molecule has 4 rings (SSSR count). The minimum absolute atomic E-state index is 0.160. The van der Waals surface area contributed by atoms with Crippen LogP contribution in [0.5, 0.6) is 0 Å². The van der Waals surface area contributed by atoms with Crippen LogP contribution in [0, 0.1) is 0 Å². The molecule has 0 bridgehead atoms. The molecule has 124 valence electrons. The summed E-state index contributed by atoms with van der Waals surface area (Å²) in [5.41, 5.74) is 4.46. The summed E-state index contributed by atoms with van der Waals surface area (Å²) in [6.45, 7) is -0.160. The molecule has 6 heteroatoms. The molecule has 1 heterocycles. The number of carbonyl (C=O) groups is 1. The van der Waals surface area contributed by atoms with Gasteiger partial charge in [0.15, 0.2) is 0 Å². The van der Waals surface area contributed by atoms with Crippen molar-refractivity contribution in [1.82, 2.24) is 9.55 Å². The Balaban J connectivity index is 1.52. The van der Waals surface area contributed by atoms with Gasteiger partial charge in [0.1, 0.15) is 6.54 Å². The van der Waals surface area contributed by atoms with Gasteiger partial charge in [0, 0.05) is 18.0 Å². The van der Waals surface area contributed by atoms with Gasteiger partial charge in [0.2, 0.25) is 5.91 Å². The van der Waals surface area contributed by atoms with Crippen LogP contribution in [0.3, 0.4) is 0 Å². The lowest BCUT2D eigenvalue weighted by Crippen LogP contribution is -2.32. The van der Waals surface area contributed by atoms with Crippen molar-refractivity contribution in [3.8, 4) is 11.1 Å². The van der Waals surface area contributed by atoms with E-state index in [-0.39, 0.29) is 12.5 Å². The van der Waals surface area contributed by atoms with Gasteiger partial charge in [-0.1, -0.05) is 30.3 Å². The number of rotatable bonds is 3. The molecule has 6 nitrogen and oxygen atoms in total. The number of H-pyrrole nitrogens is 1. The summed E-state index contributed by atoms with van der Waals surface area (Å²) in [5, 5.41) is 2.80. The van der Waals surface area contributed by atoms with Crippen LogP contribution in [-0.4, -0.2) is 15.5 Å². The number of nitrogens with zero attached hydrogens (tertiary/aromatic N) is 1. The van der Waals surface area contributed by atoms with Gasteiger partial charge in [0.25, 0.3) is 5.56 Å². The first-order valence-corrected chi connectivity index (χ1v) is 7.91. The summed E-state index contributed by atoms with van der Waals surface area (Å²) in [7, 11) is 0. The number of nitrogens with one attached hydrogen (secondary N) is 2. The molecule has 0 spiro atoms. The largest absolute Gasteiger partial charge is 0.328 e. The predicted molar refractivity (Wildman–Crippen MR) is 94.6 cm³/mol. The van der Waals surface area contributed by atoms with Gasteiger partial charge in [-0.3, -0.25) is 19.1 Å². The van der Waals surface area contributed by atoms with Crippen molar-refractivity contribution < 1.29 is 4.79 Å². The van der Waals surface area contributed by atoms with Gasteiger partial charge >= 0.3 is 5.69 Å². The fourth-order valence-corrected chi connectivity index (χ4v) is 3.15. The number of fused-ring (bicyclic) bond motifs is 3. The Kier molecular flexibility index (Phi) is 3.57. The highest BCUT2D eigenvalue weighted by atomic mass is 16.2. The molecular formula is C19H15N3O3. The zero-order chi connectivity index (χ0) is 17.4. The lowest BCUT2D eigenvalue weighted by atomic mass is 10.1. The molecule has 3 aromatic rings. The van der Waals surface area contributed by atoms with Gasteiger partial charge in [-0.15, -0.1) is 0 Å². The minimum atomic E-state index is -0.605. The Bertz CT molecular complexity index is 1100. The van der Waals surface area contributed by atoms with Gasteiger partial charge in [0.05, 0.1) is 0 Å². The standard InChI is InChI=1S/C19H15N3O3/c23-17-7-8-22(19(25)21-17)11-18(24)20-14-5-6-16-13(10-14)9-12-3-1-2-4-15(12)16/h1-8,10H,9,11H2,(H,20,24)(H,21,23,25). The second kappa shape index (κ2) is 5.90. The highest BCUT2D eigenvalue weighted by Gasteiger charge is 2.18. The third kappa shape index (κ3) is 2.89. The number of carbonyl (C=O) groups excluding carboxylic acids is 1. The first kappa shape index (κ1) is 15.1. The molecule has 0 radical (unpaired) electrons. The highest BCUT2D eigenvalue weighted by Crippen LogP contribution is 2.37. The van der Waals surface area contributed by atoms with Crippen molar-refractivity contribution in [2.75, 3.05) is 5.32 Å².